The van der Waals surface area contributed by atoms with Gasteiger partial charge in [0.15, 0.2) is 0 Å². The number of nitrogens with zero attached hydrogens (tertiary/aromatic N) is 2. The zero-order chi connectivity index (χ0) is 13.8. The molecule has 19 heavy (non-hydrogen) atoms. The van der Waals surface area contributed by atoms with Gasteiger partial charge in [-0.15, -0.1) is 0 Å². The predicted octanol–water partition coefficient (Wildman–Crippen LogP) is 2.10. The van der Waals surface area contributed by atoms with E-state index in [-0.39, 0.29) is 11.7 Å². The Morgan fingerprint density at radius 1 is 1.32 bits per heavy atom. The first kappa shape index (κ1) is 12.8. The molecule has 0 aliphatic rings. The van der Waals surface area contributed by atoms with Crippen molar-refractivity contribution in [1.82, 2.24) is 10.2 Å². The van der Waals surface area contributed by atoms with Gasteiger partial charge in [-0.05, 0) is 44.2 Å². The van der Waals surface area contributed by atoms with Gasteiger partial charge in [-0.25, -0.2) is 5.10 Å². The number of nitriles is 1. The molecule has 0 saturated heterocycles. The molecule has 2 rings (SSSR count). The first-order valence-electron chi connectivity index (χ1n) is 5.87. The Labute approximate surface area is 110 Å². The summed E-state index contributed by atoms with van der Waals surface area (Å²) >= 11 is 0. The van der Waals surface area contributed by atoms with Crippen molar-refractivity contribution in [2.24, 2.45) is 0 Å². The van der Waals surface area contributed by atoms with Crippen molar-refractivity contribution in [3.63, 3.8) is 0 Å². The Kier molecular flexibility index (Phi) is 3.62. The predicted molar refractivity (Wildman–Crippen MR) is 70.8 cm³/mol. The Morgan fingerprint density at radius 3 is 2.58 bits per heavy atom. The lowest BCUT2D eigenvalue weighted by atomic mass is 10.1. The number of nitrogens with one attached hydrogen (secondary N) is 1. The molecular weight excluding hydrogens is 242 g/mol. The van der Waals surface area contributed by atoms with E-state index in [0.717, 1.165) is 11.3 Å². The van der Waals surface area contributed by atoms with Gasteiger partial charge in [-0.2, -0.15) is 10.4 Å². The van der Waals surface area contributed by atoms with Crippen LogP contribution in [0.25, 0.3) is 11.3 Å². The molecule has 1 N–H and O–H groups in total. The van der Waals surface area contributed by atoms with Crippen LogP contribution in [0, 0.1) is 11.3 Å². The molecule has 0 unspecified atom stereocenters. The van der Waals surface area contributed by atoms with Gasteiger partial charge in [-0.3, -0.25) is 4.79 Å². The Bertz CT molecular complexity index is 666. The van der Waals surface area contributed by atoms with Crippen LogP contribution in [0.2, 0.25) is 0 Å². The van der Waals surface area contributed by atoms with Gasteiger partial charge in [0.05, 0.1) is 11.8 Å². The summed E-state index contributed by atoms with van der Waals surface area (Å²) in [5.41, 5.74) is 0.926. The average Bonchev–Trinajstić information content (AvgIpc) is 2.40. The molecule has 0 aliphatic carbocycles. The number of hydrogen-bond acceptors (Lipinski definition) is 4. The Morgan fingerprint density at radius 2 is 2.00 bits per heavy atom. The zero-order valence-electron chi connectivity index (χ0n) is 10.7. The molecule has 1 aromatic carbocycles. The highest BCUT2D eigenvalue weighted by atomic mass is 16.5. The summed E-state index contributed by atoms with van der Waals surface area (Å²) < 4.78 is 5.54. The number of aromatic nitrogens is 2. The van der Waals surface area contributed by atoms with Gasteiger partial charge in [0.1, 0.15) is 17.4 Å². The molecule has 0 radical (unpaired) electrons. The van der Waals surface area contributed by atoms with Crippen molar-refractivity contribution in [1.29, 1.82) is 5.26 Å². The van der Waals surface area contributed by atoms with E-state index >= 15 is 0 Å². The molecule has 1 aromatic heterocycles. The third-order valence-corrected chi connectivity index (χ3v) is 2.45. The largest absolute Gasteiger partial charge is 0.491 e. The molecule has 0 aliphatic heterocycles. The number of ether oxygens (including phenoxy) is 1. The number of benzene rings is 1. The van der Waals surface area contributed by atoms with E-state index in [1.807, 2.05) is 44.2 Å². The number of aromatic amines is 1. The van der Waals surface area contributed by atoms with Crippen LogP contribution in [0.1, 0.15) is 19.4 Å². The fraction of sp³-hybridized carbons (Fsp3) is 0.214. The van der Waals surface area contributed by atoms with Crippen molar-refractivity contribution < 1.29 is 4.74 Å². The van der Waals surface area contributed by atoms with Crippen molar-refractivity contribution in [2.45, 2.75) is 20.0 Å². The third-order valence-electron chi connectivity index (χ3n) is 2.45. The summed E-state index contributed by atoms with van der Waals surface area (Å²) in [6.07, 6.45) is 0.113. The highest BCUT2D eigenvalue weighted by molar-refractivity contribution is 5.60. The summed E-state index contributed by atoms with van der Waals surface area (Å²) in [5, 5.41) is 15.0. The first-order chi connectivity index (χ1) is 9.10. The van der Waals surface area contributed by atoms with Crippen LogP contribution >= 0.6 is 0 Å². The Balaban J connectivity index is 2.32. The minimum Gasteiger partial charge on any atom is -0.491 e. The zero-order valence-corrected chi connectivity index (χ0v) is 10.7. The molecule has 0 saturated carbocycles. The minimum absolute atomic E-state index is 0.0486. The molecule has 0 atom stereocenters. The highest BCUT2D eigenvalue weighted by Crippen LogP contribution is 2.20. The number of hydrogen-bond donors (Lipinski definition) is 1. The molecular formula is C14H13N3O2. The molecule has 0 bridgehead atoms. The second-order valence-electron chi connectivity index (χ2n) is 4.30. The molecule has 0 fully saturated rings. The smallest absolute Gasteiger partial charge is 0.282 e. The second-order valence-corrected chi connectivity index (χ2v) is 4.30. The van der Waals surface area contributed by atoms with E-state index in [9.17, 15) is 4.79 Å². The summed E-state index contributed by atoms with van der Waals surface area (Å²) in [6, 6.07) is 10.6. The molecule has 1 heterocycles. The maximum atomic E-state index is 11.2. The van der Waals surface area contributed by atoms with E-state index in [2.05, 4.69) is 10.2 Å². The molecule has 5 nitrogen and oxygen atoms in total. The summed E-state index contributed by atoms with van der Waals surface area (Å²) in [4.78, 5) is 11.2. The van der Waals surface area contributed by atoms with Crippen LogP contribution in [-0.4, -0.2) is 16.3 Å². The van der Waals surface area contributed by atoms with E-state index in [1.54, 1.807) is 0 Å². The van der Waals surface area contributed by atoms with Crippen LogP contribution < -0.4 is 10.3 Å². The van der Waals surface area contributed by atoms with Gasteiger partial charge in [0.25, 0.3) is 5.56 Å². The highest BCUT2D eigenvalue weighted by Gasteiger charge is 2.05. The fourth-order valence-corrected chi connectivity index (χ4v) is 1.61. The second kappa shape index (κ2) is 5.36. The van der Waals surface area contributed by atoms with Crippen molar-refractivity contribution in [3.8, 4) is 23.1 Å². The van der Waals surface area contributed by atoms with E-state index in [0.29, 0.717) is 5.69 Å². The maximum Gasteiger partial charge on any atom is 0.282 e. The van der Waals surface area contributed by atoms with Gasteiger partial charge >= 0.3 is 0 Å². The van der Waals surface area contributed by atoms with Crippen LogP contribution in [0.15, 0.2) is 35.1 Å². The molecule has 2 aromatic rings. The lowest BCUT2D eigenvalue weighted by Gasteiger charge is -2.09. The Hall–Kier alpha value is -2.61. The van der Waals surface area contributed by atoms with Gasteiger partial charge in [0, 0.05) is 5.56 Å². The average molecular weight is 255 g/mol. The molecule has 96 valence electrons. The molecule has 0 spiro atoms. The van der Waals surface area contributed by atoms with E-state index in [4.69, 9.17) is 10.00 Å². The lowest BCUT2D eigenvalue weighted by Crippen LogP contribution is -2.12. The van der Waals surface area contributed by atoms with Crippen LogP contribution in [-0.2, 0) is 0 Å². The summed E-state index contributed by atoms with van der Waals surface area (Å²) in [6.45, 7) is 3.91. The van der Waals surface area contributed by atoms with Crippen molar-refractivity contribution >= 4 is 0 Å². The summed E-state index contributed by atoms with van der Waals surface area (Å²) in [5.74, 6) is 0.767. The molecule has 0 amide bonds. The minimum atomic E-state index is -0.481. The standard InChI is InChI=1S/C14H13N3O2/c1-9(2)19-12-5-3-10(4-6-12)13-7-11(8-15)14(18)17-16-13/h3-7,9H,1-2H3,(H,17,18). The number of rotatable bonds is 3. The third kappa shape index (κ3) is 2.99. The first-order valence-corrected chi connectivity index (χ1v) is 5.87. The van der Waals surface area contributed by atoms with Crippen molar-refractivity contribution in [2.75, 3.05) is 0 Å². The summed E-state index contributed by atoms with van der Waals surface area (Å²) in [7, 11) is 0. The SMILES string of the molecule is CC(C)Oc1ccc(-c2cc(C#N)c(=O)[nH]n2)cc1. The van der Waals surface area contributed by atoms with Gasteiger partial charge < -0.3 is 4.74 Å². The van der Waals surface area contributed by atoms with Crippen molar-refractivity contribution in [3.05, 3.63) is 46.2 Å². The monoisotopic (exact) mass is 255 g/mol. The lowest BCUT2D eigenvalue weighted by molar-refractivity contribution is 0.242. The quantitative estimate of drug-likeness (QED) is 0.910. The van der Waals surface area contributed by atoms with Crippen LogP contribution in [0.3, 0.4) is 0 Å². The van der Waals surface area contributed by atoms with Gasteiger partial charge in [0.2, 0.25) is 0 Å². The topological polar surface area (TPSA) is 78.8 Å². The van der Waals surface area contributed by atoms with E-state index < -0.39 is 5.56 Å². The molecule has 5 heteroatoms. The maximum absolute atomic E-state index is 11.2. The normalized spacial score (nSPS) is 10.2. The van der Waals surface area contributed by atoms with E-state index in [1.165, 1.54) is 6.07 Å². The van der Waals surface area contributed by atoms with Crippen LogP contribution in [0.4, 0.5) is 0 Å². The number of H-pyrrole nitrogens is 1. The fourth-order valence-electron chi connectivity index (χ4n) is 1.61. The van der Waals surface area contributed by atoms with Gasteiger partial charge in [-0.1, -0.05) is 0 Å². The van der Waals surface area contributed by atoms with Crippen LogP contribution in [0.5, 0.6) is 5.75 Å².